The zero-order valence-electron chi connectivity index (χ0n) is 23.1. The maximum absolute atomic E-state index is 13.4. The standard InChI is InChI=1S/C32H37N5O3/c1-2-3-7-18-36-27(24-12-14-26(15-13-24)35-19-8-11-29(35)38)23-37-30(39)22-28(33-31(36)37)34-20-16-32(40,17-21-34)25-9-5-4-6-10-25/h4-6,9-10,12-15,22-23,40H,2-3,7-8,11,16-21H2,1H3. The van der Waals surface area contributed by atoms with Crippen molar-refractivity contribution in [3.05, 3.63) is 82.8 Å². The number of anilines is 2. The molecule has 2 aliphatic heterocycles. The Morgan fingerprint density at radius 1 is 0.950 bits per heavy atom. The highest BCUT2D eigenvalue weighted by Crippen LogP contribution is 2.34. The Kier molecular flexibility index (Phi) is 7.19. The monoisotopic (exact) mass is 539 g/mol. The minimum Gasteiger partial charge on any atom is -0.385 e. The van der Waals surface area contributed by atoms with E-state index in [9.17, 15) is 14.7 Å². The molecular weight excluding hydrogens is 502 g/mol. The molecule has 208 valence electrons. The molecule has 6 rings (SSSR count). The van der Waals surface area contributed by atoms with Crippen molar-refractivity contribution in [2.75, 3.05) is 29.4 Å². The van der Waals surface area contributed by atoms with Gasteiger partial charge in [0.15, 0.2) is 0 Å². The largest absolute Gasteiger partial charge is 0.385 e. The van der Waals surface area contributed by atoms with E-state index in [-0.39, 0.29) is 11.5 Å². The van der Waals surface area contributed by atoms with Gasteiger partial charge in [-0.05, 0) is 48.9 Å². The van der Waals surface area contributed by atoms with E-state index in [0.717, 1.165) is 61.3 Å². The molecule has 2 aliphatic rings. The zero-order valence-corrected chi connectivity index (χ0v) is 23.1. The molecule has 0 atom stereocenters. The second kappa shape index (κ2) is 10.9. The molecule has 4 aromatic rings. The number of aliphatic hydroxyl groups is 1. The predicted molar refractivity (Wildman–Crippen MR) is 158 cm³/mol. The van der Waals surface area contributed by atoms with Gasteiger partial charge in [0.2, 0.25) is 11.7 Å². The smallest absolute Gasteiger partial charge is 0.261 e. The van der Waals surface area contributed by atoms with Gasteiger partial charge in [0, 0.05) is 50.6 Å². The molecule has 4 heterocycles. The summed E-state index contributed by atoms with van der Waals surface area (Å²) in [4.78, 5) is 34.6. The van der Waals surface area contributed by atoms with Crippen LogP contribution in [0.3, 0.4) is 0 Å². The molecule has 2 saturated heterocycles. The first-order chi connectivity index (χ1) is 19.5. The number of aromatic nitrogens is 3. The summed E-state index contributed by atoms with van der Waals surface area (Å²) in [5.74, 6) is 1.46. The van der Waals surface area contributed by atoms with Gasteiger partial charge in [-0.1, -0.05) is 62.2 Å². The Bertz CT molecular complexity index is 1550. The summed E-state index contributed by atoms with van der Waals surface area (Å²) in [6, 6.07) is 19.5. The molecule has 8 nitrogen and oxygen atoms in total. The fraction of sp³-hybridized carbons (Fsp3) is 0.406. The number of carbonyl (C=O) groups excluding carboxylic acids is 1. The van der Waals surface area contributed by atoms with Crippen LogP contribution >= 0.6 is 0 Å². The molecule has 0 bridgehead atoms. The number of amides is 1. The van der Waals surface area contributed by atoms with Crippen LogP contribution < -0.4 is 15.4 Å². The summed E-state index contributed by atoms with van der Waals surface area (Å²) in [5, 5.41) is 11.3. The molecule has 1 amide bonds. The Hall–Kier alpha value is -3.91. The number of aryl methyl sites for hydroxylation is 1. The lowest BCUT2D eigenvalue weighted by Gasteiger charge is -2.39. The number of piperidine rings is 1. The summed E-state index contributed by atoms with van der Waals surface area (Å²) >= 11 is 0. The first-order valence-electron chi connectivity index (χ1n) is 14.5. The van der Waals surface area contributed by atoms with Crippen LogP contribution in [0.4, 0.5) is 11.5 Å². The van der Waals surface area contributed by atoms with Crippen molar-refractivity contribution in [1.82, 2.24) is 14.0 Å². The van der Waals surface area contributed by atoms with Crippen molar-refractivity contribution in [3.8, 4) is 11.3 Å². The maximum atomic E-state index is 13.4. The molecule has 2 aromatic carbocycles. The van der Waals surface area contributed by atoms with E-state index in [0.29, 0.717) is 43.9 Å². The molecular formula is C32H37N5O3. The van der Waals surface area contributed by atoms with Gasteiger partial charge in [0.05, 0.1) is 11.3 Å². The summed E-state index contributed by atoms with van der Waals surface area (Å²) in [6.45, 7) is 4.94. The van der Waals surface area contributed by atoms with Crippen LogP contribution in [0.1, 0.15) is 57.4 Å². The fourth-order valence-electron chi connectivity index (χ4n) is 6.09. The molecule has 0 unspecified atom stereocenters. The molecule has 0 radical (unpaired) electrons. The summed E-state index contributed by atoms with van der Waals surface area (Å²) in [5.41, 5.74) is 2.80. The average molecular weight is 540 g/mol. The summed E-state index contributed by atoms with van der Waals surface area (Å²) in [7, 11) is 0. The predicted octanol–water partition coefficient (Wildman–Crippen LogP) is 4.97. The van der Waals surface area contributed by atoms with Gasteiger partial charge >= 0.3 is 0 Å². The average Bonchev–Trinajstić information content (AvgIpc) is 3.58. The van der Waals surface area contributed by atoms with E-state index >= 15 is 0 Å². The fourth-order valence-corrected chi connectivity index (χ4v) is 6.09. The molecule has 2 aromatic heterocycles. The number of fused-ring (bicyclic) bond motifs is 1. The lowest BCUT2D eigenvalue weighted by molar-refractivity contribution is -0.117. The van der Waals surface area contributed by atoms with Crippen LogP contribution in [0.2, 0.25) is 0 Å². The van der Waals surface area contributed by atoms with Gasteiger partial charge in [-0.3, -0.25) is 14.0 Å². The van der Waals surface area contributed by atoms with Crippen molar-refractivity contribution in [2.45, 2.75) is 64.0 Å². The Morgan fingerprint density at radius 3 is 2.38 bits per heavy atom. The summed E-state index contributed by atoms with van der Waals surface area (Å²) < 4.78 is 3.80. The molecule has 2 fully saturated rings. The van der Waals surface area contributed by atoms with Gasteiger partial charge in [-0.2, -0.15) is 4.98 Å². The Labute approximate surface area is 234 Å². The lowest BCUT2D eigenvalue weighted by atomic mass is 9.84. The highest BCUT2D eigenvalue weighted by Gasteiger charge is 2.34. The third-order valence-corrected chi connectivity index (χ3v) is 8.46. The Morgan fingerprint density at radius 2 is 1.70 bits per heavy atom. The highest BCUT2D eigenvalue weighted by molar-refractivity contribution is 5.95. The van der Waals surface area contributed by atoms with Crippen molar-refractivity contribution in [3.63, 3.8) is 0 Å². The van der Waals surface area contributed by atoms with Crippen molar-refractivity contribution in [2.24, 2.45) is 0 Å². The van der Waals surface area contributed by atoms with Gasteiger partial charge in [-0.25, -0.2) is 0 Å². The Balaban J connectivity index is 1.32. The number of benzene rings is 2. The molecule has 8 heteroatoms. The van der Waals surface area contributed by atoms with Gasteiger partial charge in [0.1, 0.15) is 5.82 Å². The van der Waals surface area contributed by atoms with E-state index in [2.05, 4.69) is 16.4 Å². The third kappa shape index (κ3) is 4.92. The van der Waals surface area contributed by atoms with E-state index in [4.69, 9.17) is 4.98 Å². The van der Waals surface area contributed by atoms with Crippen LogP contribution in [-0.4, -0.2) is 44.6 Å². The van der Waals surface area contributed by atoms with Crippen LogP contribution in [0.5, 0.6) is 0 Å². The highest BCUT2D eigenvalue weighted by atomic mass is 16.3. The normalized spacial score (nSPS) is 17.2. The van der Waals surface area contributed by atoms with Crippen LogP contribution in [0.25, 0.3) is 17.0 Å². The van der Waals surface area contributed by atoms with Gasteiger partial charge < -0.3 is 19.5 Å². The first-order valence-corrected chi connectivity index (χ1v) is 14.5. The van der Waals surface area contributed by atoms with E-state index in [1.54, 1.807) is 10.5 Å². The first kappa shape index (κ1) is 26.3. The molecule has 1 N–H and O–H groups in total. The third-order valence-electron chi connectivity index (χ3n) is 8.46. The molecule has 0 spiro atoms. The second-order valence-corrected chi connectivity index (χ2v) is 11.1. The number of hydrogen-bond acceptors (Lipinski definition) is 5. The van der Waals surface area contributed by atoms with Crippen molar-refractivity contribution < 1.29 is 9.90 Å². The SMILES string of the molecule is CCCCCn1c(-c2ccc(N3CCCC3=O)cc2)cn2c(=O)cc(N3CCC(O)(c4ccccc4)CC3)nc12. The van der Waals surface area contributed by atoms with Crippen LogP contribution in [0, 0.1) is 0 Å². The van der Waals surface area contributed by atoms with E-state index < -0.39 is 5.60 Å². The second-order valence-electron chi connectivity index (χ2n) is 11.1. The van der Waals surface area contributed by atoms with Gasteiger partial charge in [-0.15, -0.1) is 0 Å². The van der Waals surface area contributed by atoms with Crippen LogP contribution in [-0.2, 0) is 16.9 Å². The lowest BCUT2D eigenvalue weighted by Crippen LogP contribution is -2.43. The topological polar surface area (TPSA) is 83.1 Å². The number of nitrogens with zero attached hydrogens (tertiary/aromatic N) is 5. The molecule has 0 aliphatic carbocycles. The molecule has 0 saturated carbocycles. The number of rotatable bonds is 8. The summed E-state index contributed by atoms with van der Waals surface area (Å²) in [6.07, 6.45) is 7.72. The van der Waals surface area contributed by atoms with E-state index in [1.807, 2.05) is 65.7 Å². The maximum Gasteiger partial charge on any atom is 0.261 e. The number of carbonyl (C=O) groups is 1. The minimum absolute atomic E-state index is 0.112. The molecule has 40 heavy (non-hydrogen) atoms. The number of imidazole rings is 1. The van der Waals surface area contributed by atoms with Crippen molar-refractivity contribution in [1.29, 1.82) is 0 Å². The van der Waals surface area contributed by atoms with Crippen molar-refractivity contribution >= 4 is 23.2 Å². The van der Waals surface area contributed by atoms with Gasteiger partial charge in [0.25, 0.3) is 5.56 Å². The minimum atomic E-state index is -0.865. The zero-order chi connectivity index (χ0) is 27.7. The number of unbranched alkanes of at least 4 members (excludes halogenated alkanes) is 2. The number of hydrogen-bond donors (Lipinski definition) is 1. The van der Waals surface area contributed by atoms with Crippen LogP contribution in [0.15, 0.2) is 71.7 Å². The van der Waals surface area contributed by atoms with E-state index in [1.165, 1.54) is 0 Å². The quantitative estimate of drug-likeness (QED) is 0.320.